The Labute approximate surface area is 187 Å². The lowest BCUT2D eigenvalue weighted by Gasteiger charge is -2.05. The van der Waals surface area contributed by atoms with E-state index >= 15 is 0 Å². The molecule has 2 aromatic carbocycles. The van der Waals surface area contributed by atoms with Gasteiger partial charge in [0.05, 0.1) is 9.85 Å². The number of pyridine rings is 1. The van der Waals surface area contributed by atoms with Crippen molar-refractivity contribution < 1.29 is 40.9 Å². The molecule has 0 amide bonds. The molecule has 0 bridgehead atoms. The largest absolute Gasteiger partial charge is 1.00 e. The maximum absolute atomic E-state index is 11.3. The van der Waals surface area contributed by atoms with Crippen LogP contribution in [-0.4, -0.2) is 15.8 Å². The molecule has 0 aliphatic heterocycles. The number of hydrogen-bond donors (Lipinski definition) is 0. The molecule has 158 valence electrons. The number of halogens is 1. The molecule has 1 heterocycles. The van der Waals surface area contributed by atoms with Crippen LogP contribution in [0, 0.1) is 20.2 Å². The predicted octanol–water partition coefficient (Wildman–Crippen LogP) is 0.766. The zero-order valence-electron chi connectivity index (χ0n) is 16.2. The van der Waals surface area contributed by atoms with Crippen LogP contribution in [0.25, 0.3) is 11.8 Å². The predicted molar refractivity (Wildman–Crippen MR) is 107 cm³/mol. The summed E-state index contributed by atoms with van der Waals surface area (Å²) in [5, 5.41) is 22.1. The van der Waals surface area contributed by atoms with Crippen LogP contribution < -0.4 is 26.3 Å². The molecule has 1 aromatic heterocycles. The second-order valence-corrected chi connectivity index (χ2v) is 6.23. The maximum atomic E-state index is 11.3. The highest BCUT2D eigenvalue weighted by atomic mass is 79.9. The second kappa shape index (κ2) is 10.2. The molecule has 0 saturated heterocycles. The second-order valence-electron chi connectivity index (χ2n) is 6.23. The summed E-state index contributed by atoms with van der Waals surface area (Å²) in [6.45, 7) is 1.29. The van der Waals surface area contributed by atoms with Crippen LogP contribution in [0.4, 0.5) is 11.4 Å². The van der Waals surface area contributed by atoms with Crippen LogP contribution in [0.1, 0.15) is 18.1 Å². The van der Waals surface area contributed by atoms with Crippen LogP contribution >= 0.6 is 0 Å². The van der Waals surface area contributed by atoms with Gasteiger partial charge in [-0.05, 0) is 23.8 Å². The Balaban J connectivity index is 0.00000341. The molecule has 0 atom stereocenters. The van der Waals surface area contributed by atoms with Crippen LogP contribution in [0.3, 0.4) is 0 Å². The summed E-state index contributed by atoms with van der Waals surface area (Å²) < 4.78 is 6.79. The summed E-state index contributed by atoms with van der Waals surface area (Å²) in [7, 11) is 0. The molecule has 31 heavy (non-hydrogen) atoms. The van der Waals surface area contributed by atoms with E-state index in [4.69, 9.17) is 4.74 Å². The van der Waals surface area contributed by atoms with Crippen molar-refractivity contribution in [2.45, 2.75) is 6.92 Å². The minimum atomic E-state index is -0.498. The zero-order valence-corrected chi connectivity index (χ0v) is 17.8. The molecular weight excluding hydrogens is 470 g/mol. The monoisotopic (exact) mass is 485 g/mol. The van der Waals surface area contributed by atoms with Crippen molar-refractivity contribution in [2.75, 3.05) is 0 Å². The van der Waals surface area contributed by atoms with Crippen molar-refractivity contribution in [3.8, 4) is 5.75 Å². The van der Waals surface area contributed by atoms with Gasteiger partial charge in [-0.2, -0.15) is 4.57 Å². The van der Waals surface area contributed by atoms with E-state index in [0.717, 1.165) is 0 Å². The molecule has 0 radical (unpaired) electrons. The zero-order chi connectivity index (χ0) is 21.7. The number of hydrogen-bond acceptors (Lipinski definition) is 6. The van der Waals surface area contributed by atoms with E-state index in [1.807, 2.05) is 0 Å². The van der Waals surface area contributed by atoms with Gasteiger partial charge in [-0.3, -0.25) is 25.0 Å². The number of ether oxygens (including phenoxy) is 1. The molecule has 0 spiro atoms. The van der Waals surface area contributed by atoms with Crippen molar-refractivity contribution in [3.63, 3.8) is 0 Å². The summed E-state index contributed by atoms with van der Waals surface area (Å²) in [6, 6.07) is 15.2. The SMILES string of the molecule is CC(=O)Oc1ccc[n+](/C(=C/c2cccc([N+](=O)[O-])c2)c2ccc([N+](=O)[O-])cc2)c1.[Br-]. The highest BCUT2D eigenvalue weighted by Gasteiger charge is 2.17. The Hall–Kier alpha value is -3.92. The minimum absolute atomic E-state index is 0. The third-order valence-electron chi connectivity index (χ3n) is 4.07. The first-order valence-electron chi connectivity index (χ1n) is 8.74. The highest BCUT2D eigenvalue weighted by molar-refractivity contribution is 5.77. The summed E-state index contributed by atoms with van der Waals surface area (Å²) in [4.78, 5) is 32.4. The van der Waals surface area contributed by atoms with E-state index in [0.29, 0.717) is 22.6 Å². The van der Waals surface area contributed by atoms with Gasteiger partial charge in [-0.25, -0.2) is 0 Å². The molecule has 10 heteroatoms. The fourth-order valence-corrected chi connectivity index (χ4v) is 2.78. The average Bonchev–Trinajstić information content (AvgIpc) is 2.72. The number of esters is 1. The molecule has 3 rings (SSSR count). The average molecular weight is 486 g/mol. The Morgan fingerprint density at radius 3 is 2.26 bits per heavy atom. The van der Waals surface area contributed by atoms with Crippen molar-refractivity contribution >= 4 is 29.1 Å². The van der Waals surface area contributed by atoms with E-state index in [1.165, 1.54) is 31.2 Å². The number of aromatic nitrogens is 1. The van der Waals surface area contributed by atoms with Gasteiger partial charge in [0.1, 0.15) is 0 Å². The summed E-state index contributed by atoms with van der Waals surface area (Å²) in [5.41, 5.74) is 1.62. The summed E-state index contributed by atoms with van der Waals surface area (Å²) in [5.74, 6) is -0.177. The van der Waals surface area contributed by atoms with Gasteiger partial charge in [0.15, 0.2) is 11.9 Å². The van der Waals surface area contributed by atoms with Gasteiger partial charge in [-0.1, -0.05) is 12.1 Å². The molecule has 0 N–H and O–H groups in total. The molecule has 9 nitrogen and oxygen atoms in total. The van der Waals surface area contributed by atoms with Gasteiger partial charge < -0.3 is 21.7 Å². The van der Waals surface area contributed by atoms with Crippen LogP contribution in [0.15, 0.2) is 73.1 Å². The highest BCUT2D eigenvalue weighted by Crippen LogP contribution is 2.22. The lowest BCUT2D eigenvalue weighted by Crippen LogP contribution is -3.00. The first kappa shape index (κ1) is 23.4. The topological polar surface area (TPSA) is 116 Å². The number of carbonyl (C=O) groups is 1. The van der Waals surface area contributed by atoms with Crippen molar-refractivity contribution in [3.05, 3.63) is 104 Å². The molecule has 0 saturated carbocycles. The Kier molecular flexibility index (Phi) is 7.70. The van der Waals surface area contributed by atoms with Gasteiger partial charge in [0.2, 0.25) is 11.9 Å². The van der Waals surface area contributed by atoms with E-state index in [-0.39, 0.29) is 28.4 Å². The van der Waals surface area contributed by atoms with Crippen molar-refractivity contribution in [1.82, 2.24) is 0 Å². The summed E-state index contributed by atoms with van der Waals surface area (Å²) >= 11 is 0. The fourth-order valence-electron chi connectivity index (χ4n) is 2.78. The number of nitro benzene ring substituents is 2. The lowest BCUT2D eigenvalue weighted by molar-refractivity contribution is -0.578. The van der Waals surface area contributed by atoms with Crippen LogP contribution in [0.2, 0.25) is 0 Å². The number of non-ortho nitro benzene ring substituents is 2. The number of rotatable bonds is 6. The normalized spacial score (nSPS) is 10.7. The number of benzene rings is 2. The number of nitro groups is 2. The van der Waals surface area contributed by atoms with E-state index in [9.17, 15) is 25.0 Å². The first-order valence-corrected chi connectivity index (χ1v) is 8.74. The number of carbonyl (C=O) groups excluding carboxylic acids is 1. The standard InChI is InChI=1S/C21H16N3O6.BrH/c1-15(25)30-20-6-3-11-22(14-20)21(17-7-9-18(10-8-17)23(26)27)13-16-4-2-5-19(12-16)24(28)29;/h2-14H,1H3;1H/q+1;/p-1/b21-13+;. The lowest BCUT2D eigenvalue weighted by atomic mass is 10.1. The molecular formula is C21H16BrN3O6. The van der Waals surface area contributed by atoms with Crippen LogP contribution in [-0.2, 0) is 4.79 Å². The smallest absolute Gasteiger partial charge is 0.308 e. The van der Waals surface area contributed by atoms with Gasteiger partial charge in [-0.15, -0.1) is 0 Å². The molecule has 0 unspecified atom stereocenters. The van der Waals surface area contributed by atoms with E-state index in [1.54, 1.807) is 59.4 Å². The Bertz CT molecular complexity index is 1160. The maximum Gasteiger partial charge on any atom is 0.308 e. The molecule has 0 fully saturated rings. The Morgan fingerprint density at radius 2 is 1.65 bits per heavy atom. The molecule has 3 aromatic rings. The fraction of sp³-hybridized carbons (Fsp3) is 0.0476. The molecule has 0 aliphatic rings. The minimum Gasteiger partial charge on any atom is -1.00 e. The summed E-state index contributed by atoms with van der Waals surface area (Å²) in [6.07, 6.45) is 4.98. The number of nitrogens with zero attached hydrogens (tertiary/aromatic N) is 3. The quantitative estimate of drug-likeness (QED) is 0.167. The molecule has 0 aliphatic carbocycles. The van der Waals surface area contributed by atoms with Gasteiger partial charge in [0, 0.05) is 48.9 Å². The van der Waals surface area contributed by atoms with E-state index < -0.39 is 15.8 Å². The first-order chi connectivity index (χ1) is 14.3. The van der Waals surface area contributed by atoms with Gasteiger partial charge in [0.25, 0.3) is 11.4 Å². The van der Waals surface area contributed by atoms with Crippen molar-refractivity contribution in [1.29, 1.82) is 0 Å². The Morgan fingerprint density at radius 1 is 0.968 bits per heavy atom. The van der Waals surface area contributed by atoms with Gasteiger partial charge >= 0.3 is 5.97 Å². The third kappa shape index (κ3) is 6.03. The van der Waals surface area contributed by atoms with Crippen LogP contribution in [0.5, 0.6) is 5.75 Å². The van der Waals surface area contributed by atoms with E-state index in [2.05, 4.69) is 0 Å². The third-order valence-corrected chi connectivity index (χ3v) is 4.07. The van der Waals surface area contributed by atoms with Crippen molar-refractivity contribution in [2.24, 2.45) is 0 Å².